The fraction of sp³-hybridized carbons (Fsp3) is 0.0833. The van der Waals surface area contributed by atoms with Crippen LogP contribution in [0, 0.1) is 0 Å². The number of carbonyl (C=O) groups is 1. The van der Waals surface area contributed by atoms with Crippen molar-refractivity contribution in [1.82, 2.24) is 4.98 Å². The van der Waals surface area contributed by atoms with Crippen LogP contribution in [0.2, 0.25) is 5.02 Å². The Balaban J connectivity index is 1.78. The first-order valence-corrected chi connectivity index (χ1v) is 12.2. The van der Waals surface area contributed by atoms with Crippen molar-refractivity contribution in [3.8, 4) is 22.6 Å². The first-order chi connectivity index (χ1) is 16.4. The number of nitrogens with zero attached hydrogens (tertiary/aromatic N) is 1. The fourth-order valence-corrected chi connectivity index (χ4v) is 4.22. The Morgan fingerprint density at radius 2 is 1.80 bits per heavy atom. The number of sulfone groups is 1. The number of halogens is 4. The summed E-state index contributed by atoms with van der Waals surface area (Å²) in [6.07, 6.45) is -0.856. The van der Waals surface area contributed by atoms with Gasteiger partial charge in [-0.2, -0.15) is 13.2 Å². The van der Waals surface area contributed by atoms with Crippen molar-refractivity contribution in [3.63, 3.8) is 0 Å². The molecule has 35 heavy (non-hydrogen) atoms. The van der Waals surface area contributed by atoms with E-state index in [1.54, 1.807) is 0 Å². The van der Waals surface area contributed by atoms with E-state index in [-0.39, 0.29) is 27.5 Å². The summed E-state index contributed by atoms with van der Waals surface area (Å²) in [5.74, 6) is -0.439. The second-order valence-electron chi connectivity index (χ2n) is 7.54. The Morgan fingerprint density at radius 1 is 1.03 bits per heavy atom. The van der Waals surface area contributed by atoms with Gasteiger partial charge in [0.25, 0.3) is 5.91 Å². The van der Waals surface area contributed by atoms with Crippen LogP contribution in [0.1, 0.15) is 15.9 Å². The van der Waals surface area contributed by atoms with E-state index >= 15 is 0 Å². The molecule has 0 saturated heterocycles. The van der Waals surface area contributed by atoms with E-state index in [1.807, 2.05) is 0 Å². The monoisotopic (exact) mass is 520 g/mol. The average molecular weight is 521 g/mol. The molecule has 180 valence electrons. The lowest BCUT2D eigenvalue weighted by atomic mass is 9.97. The van der Waals surface area contributed by atoms with Crippen molar-refractivity contribution in [2.45, 2.75) is 11.1 Å². The smallest absolute Gasteiger partial charge is 0.416 e. The predicted octanol–water partition coefficient (Wildman–Crippen LogP) is 6.34. The van der Waals surface area contributed by atoms with Crippen molar-refractivity contribution >= 4 is 33.0 Å². The van der Waals surface area contributed by atoms with E-state index in [2.05, 4.69) is 10.3 Å². The van der Waals surface area contributed by atoms with Gasteiger partial charge in [-0.15, -0.1) is 0 Å². The largest absolute Gasteiger partial charge is 0.444 e. The van der Waals surface area contributed by atoms with Gasteiger partial charge in [-0.25, -0.2) is 13.4 Å². The predicted molar refractivity (Wildman–Crippen MR) is 125 cm³/mol. The average Bonchev–Trinajstić information content (AvgIpc) is 3.33. The van der Waals surface area contributed by atoms with Crippen LogP contribution >= 0.6 is 11.6 Å². The lowest BCUT2D eigenvalue weighted by molar-refractivity contribution is -0.137. The molecule has 0 spiro atoms. The van der Waals surface area contributed by atoms with Gasteiger partial charge >= 0.3 is 6.18 Å². The number of amides is 1. The first kappa shape index (κ1) is 24.5. The normalized spacial score (nSPS) is 11.9. The number of hydrogen-bond donors (Lipinski definition) is 1. The minimum absolute atomic E-state index is 0.0238. The van der Waals surface area contributed by atoms with Crippen molar-refractivity contribution in [2.75, 3.05) is 11.6 Å². The molecule has 4 aromatic rings. The number of alkyl halides is 3. The van der Waals surface area contributed by atoms with E-state index in [1.165, 1.54) is 61.0 Å². The maximum Gasteiger partial charge on any atom is 0.416 e. The summed E-state index contributed by atoms with van der Waals surface area (Å²) >= 11 is 6.20. The minimum Gasteiger partial charge on any atom is -0.444 e. The van der Waals surface area contributed by atoms with Crippen molar-refractivity contribution < 1.29 is 30.8 Å². The highest BCUT2D eigenvalue weighted by Gasteiger charge is 2.31. The molecule has 1 amide bonds. The molecular weight excluding hydrogens is 505 g/mol. The van der Waals surface area contributed by atoms with Crippen LogP contribution in [0.15, 0.2) is 82.4 Å². The molecule has 11 heteroatoms. The molecule has 0 bridgehead atoms. The summed E-state index contributed by atoms with van der Waals surface area (Å²) in [4.78, 5) is 17.1. The van der Waals surface area contributed by atoms with E-state index in [4.69, 9.17) is 16.0 Å². The Hall–Kier alpha value is -3.63. The molecule has 1 N–H and O–H groups in total. The Labute approximate surface area is 203 Å². The van der Waals surface area contributed by atoms with Crippen LogP contribution in [-0.4, -0.2) is 25.6 Å². The molecule has 0 aliphatic rings. The van der Waals surface area contributed by atoms with Gasteiger partial charge < -0.3 is 9.73 Å². The lowest BCUT2D eigenvalue weighted by Crippen LogP contribution is -2.14. The topological polar surface area (TPSA) is 89.3 Å². The number of nitrogens with one attached hydrogen (secondary N) is 1. The molecule has 1 aromatic heterocycles. The summed E-state index contributed by atoms with van der Waals surface area (Å²) in [6.45, 7) is 0. The standard InChI is InChI=1S/C24H16ClF3N2O4S/c1-35(32,33)17-6-7-18(19(13-17)14-3-2-4-15(11-14)24(26,27)28)22(31)30-16-5-8-21(25)20(12-16)23-29-9-10-34-23/h2-13H,1H3,(H,30,31). The summed E-state index contributed by atoms with van der Waals surface area (Å²) in [7, 11) is -3.69. The van der Waals surface area contributed by atoms with E-state index in [0.29, 0.717) is 16.3 Å². The fourth-order valence-electron chi connectivity index (χ4n) is 3.38. The number of hydrogen-bond acceptors (Lipinski definition) is 5. The van der Waals surface area contributed by atoms with Gasteiger partial charge in [0.1, 0.15) is 6.26 Å². The van der Waals surface area contributed by atoms with Crippen molar-refractivity contribution in [2.24, 2.45) is 0 Å². The van der Waals surface area contributed by atoms with E-state index in [9.17, 15) is 26.4 Å². The first-order valence-electron chi connectivity index (χ1n) is 9.96. The van der Waals surface area contributed by atoms with Gasteiger partial charge in [-0.05, 0) is 59.7 Å². The van der Waals surface area contributed by atoms with Crippen LogP contribution in [0.3, 0.4) is 0 Å². The Kier molecular flexibility index (Phi) is 6.44. The molecule has 0 aliphatic heterocycles. The molecule has 1 heterocycles. The maximum atomic E-state index is 13.3. The van der Waals surface area contributed by atoms with Gasteiger partial charge in [-0.3, -0.25) is 4.79 Å². The molecule has 0 atom stereocenters. The highest BCUT2D eigenvalue weighted by atomic mass is 35.5. The van der Waals surface area contributed by atoms with Crippen molar-refractivity contribution in [1.29, 1.82) is 0 Å². The zero-order valence-corrected chi connectivity index (χ0v) is 19.5. The maximum absolute atomic E-state index is 13.3. The molecule has 0 saturated carbocycles. The quantitative estimate of drug-likeness (QED) is 0.332. The number of aromatic nitrogens is 1. The summed E-state index contributed by atoms with van der Waals surface area (Å²) in [6, 6.07) is 12.6. The molecule has 0 unspecified atom stereocenters. The number of carbonyl (C=O) groups excluding carboxylic acids is 1. The number of benzene rings is 3. The molecule has 0 aliphatic carbocycles. The molecule has 3 aromatic carbocycles. The van der Waals surface area contributed by atoms with E-state index < -0.39 is 27.5 Å². The Bertz CT molecular complexity index is 1520. The minimum atomic E-state index is -4.62. The molecule has 4 rings (SSSR count). The zero-order valence-electron chi connectivity index (χ0n) is 17.9. The molecule has 6 nitrogen and oxygen atoms in total. The van der Waals surface area contributed by atoms with E-state index in [0.717, 1.165) is 18.4 Å². The Morgan fingerprint density at radius 3 is 2.46 bits per heavy atom. The third-order valence-electron chi connectivity index (χ3n) is 5.05. The molecule has 0 radical (unpaired) electrons. The second-order valence-corrected chi connectivity index (χ2v) is 9.97. The van der Waals surface area contributed by atoms with Crippen LogP contribution in [0.4, 0.5) is 18.9 Å². The summed E-state index contributed by atoms with van der Waals surface area (Å²) in [5, 5.41) is 2.99. The SMILES string of the molecule is CS(=O)(=O)c1ccc(C(=O)Nc2ccc(Cl)c(-c3ncco3)c2)c(-c2cccc(C(F)(F)F)c2)c1. The van der Waals surface area contributed by atoms with Crippen LogP contribution in [-0.2, 0) is 16.0 Å². The van der Waals surface area contributed by atoms with Crippen LogP contribution in [0.25, 0.3) is 22.6 Å². The van der Waals surface area contributed by atoms with Crippen molar-refractivity contribution in [3.05, 3.63) is 89.3 Å². The summed E-state index contributed by atoms with van der Waals surface area (Å²) in [5.41, 5.74) is -0.163. The van der Waals surface area contributed by atoms with Gasteiger partial charge in [0, 0.05) is 17.5 Å². The molecular formula is C24H16ClF3N2O4S. The highest BCUT2D eigenvalue weighted by Crippen LogP contribution is 2.35. The number of anilines is 1. The second kappa shape index (κ2) is 9.20. The number of oxazole rings is 1. The van der Waals surface area contributed by atoms with Crippen LogP contribution < -0.4 is 5.32 Å². The van der Waals surface area contributed by atoms with Gasteiger partial charge in [-0.1, -0.05) is 23.7 Å². The van der Waals surface area contributed by atoms with Gasteiger partial charge in [0.05, 0.1) is 27.2 Å². The highest BCUT2D eigenvalue weighted by molar-refractivity contribution is 7.90. The lowest BCUT2D eigenvalue weighted by Gasteiger charge is -2.14. The zero-order chi connectivity index (χ0) is 25.4. The van der Waals surface area contributed by atoms with Gasteiger partial charge in [0.2, 0.25) is 5.89 Å². The third kappa shape index (κ3) is 5.39. The van der Waals surface area contributed by atoms with Crippen LogP contribution in [0.5, 0.6) is 0 Å². The summed E-state index contributed by atoms with van der Waals surface area (Å²) < 4.78 is 69.3. The number of rotatable bonds is 5. The van der Waals surface area contributed by atoms with Gasteiger partial charge in [0.15, 0.2) is 9.84 Å². The third-order valence-corrected chi connectivity index (χ3v) is 6.49. The molecule has 0 fully saturated rings.